The van der Waals surface area contributed by atoms with E-state index < -0.39 is 0 Å². The summed E-state index contributed by atoms with van der Waals surface area (Å²) in [5, 5.41) is 3.63. The molecule has 0 aliphatic heterocycles. The molecule has 0 saturated heterocycles. The Labute approximate surface area is 135 Å². The predicted octanol–water partition coefficient (Wildman–Crippen LogP) is 4.86. The van der Waals surface area contributed by atoms with E-state index in [1.807, 2.05) is 12.1 Å². The monoisotopic (exact) mass is 347 g/mol. The van der Waals surface area contributed by atoms with Crippen LogP contribution in [0.1, 0.15) is 36.1 Å². The van der Waals surface area contributed by atoms with Crippen LogP contribution in [0.3, 0.4) is 0 Å². The molecule has 1 unspecified atom stereocenters. The lowest BCUT2D eigenvalue weighted by molar-refractivity contribution is 0.403. The average molecular weight is 348 g/mol. The maximum absolute atomic E-state index is 5.54. The van der Waals surface area contributed by atoms with Crippen LogP contribution in [0.15, 0.2) is 46.9 Å². The maximum atomic E-state index is 5.54. The van der Waals surface area contributed by atoms with Crippen molar-refractivity contribution < 1.29 is 4.74 Å². The number of nitrogens with one attached hydrogen (secondary N) is 1. The number of hydrogen-bond donors (Lipinski definition) is 1. The van der Waals surface area contributed by atoms with Gasteiger partial charge in [-0.25, -0.2) is 0 Å². The lowest BCUT2D eigenvalue weighted by Gasteiger charge is -2.23. The van der Waals surface area contributed by atoms with E-state index in [0.29, 0.717) is 0 Å². The van der Waals surface area contributed by atoms with Crippen molar-refractivity contribution in [3.05, 3.63) is 63.6 Å². The third-order valence-corrected chi connectivity index (χ3v) is 4.20. The summed E-state index contributed by atoms with van der Waals surface area (Å²) in [6, 6.07) is 14.8. The van der Waals surface area contributed by atoms with Gasteiger partial charge in [0.15, 0.2) is 0 Å². The lowest BCUT2D eigenvalue weighted by atomic mass is 9.97. The van der Waals surface area contributed by atoms with Gasteiger partial charge in [-0.1, -0.05) is 53.2 Å². The van der Waals surface area contributed by atoms with Crippen molar-refractivity contribution in [1.82, 2.24) is 5.32 Å². The summed E-state index contributed by atoms with van der Waals surface area (Å²) in [6.07, 6.45) is 1.09. The number of benzene rings is 2. The Morgan fingerprint density at radius 1 is 1.14 bits per heavy atom. The number of methoxy groups -OCH3 is 1. The van der Waals surface area contributed by atoms with E-state index in [9.17, 15) is 0 Å². The maximum Gasteiger partial charge on any atom is 0.123 e. The summed E-state index contributed by atoms with van der Waals surface area (Å²) in [5.74, 6) is 0.915. The molecule has 0 aliphatic rings. The average Bonchev–Trinajstić information content (AvgIpc) is 2.49. The Kier molecular flexibility index (Phi) is 5.83. The third kappa shape index (κ3) is 3.86. The summed E-state index contributed by atoms with van der Waals surface area (Å²) in [6.45, 7) is 5.24. The minimum atomic E-state index is 0.121. The smallest absolute Gasteiger partial charge is 0.123 e. The van der Waals surface area contributed by atoms with Gasteiger partial charge in [0.25, 0.3) is 0 Å². The van der Waals surface area contributed by atoms with Gasteiger partial charge in [0.2, 0.25) is 0 Å². The van der Waals surface area contributed by atoms with Crippen LogP contribution >= 0.6 is 15.9 Å². The molecular formula is C18H22BrNO. The van der Waals surface area contributed by atoms with E-state index in [4.69, 9.17) is 4.74 Å². The van der Waals surface area contributed by atoms with Crippen LogP contribution < -0.4 is 10.1 Å². The van der Waals surface area contributed by atoms with Crippen molar-refractivity contribution in [1.29, 1.82) is 0 Å². The van der Waals surface area contributed by atoms with Gasteiger partial charge in [-0.05, 0) is 43.1 Å². The molecular weight excluding hydrogens is 326 g/mol. The molecule has 0 spiro atoms. The number of ether oxygens (including phenoxy) is 1. The summed E-state index contributed by atoms with van der Waals surface area (Å²) >= 11 is 3.70. The molecule has 0 radical (unpaired) electrons. The Morgan fingerprint density at radius 2 is 1.90 bits per heavy atom. The van der Waals surface area contributed by atoms with Crippen molar-refractivity contribution in [2.45, 2.75) is 26.3 Å². The summed E-state index contributed by atoms with van der Waals surface area (Å²) < 4.78 is 6.66. The second kappa shape index (κ2) is 7.62. The normalized spacial score (nSPS) is 12.2. The molecule has 3 heteroatoms. The van der Waals surface area contributed by atoms with Crippen LogP contribution in [0, 0.1) is 6.92 Å². The number of hydrogen-bond acceptors (Lipinski definition) is 2. The van der Waals surface area contributed by atoms with Gasteiger partial charge < -0.3 is 10.1 Å². The molecule has 0 amide bonds. The van der Waals surface area contributed by atoms with Crippen molar-refractivity contribution >= 4 is 15.9 Å². The molecule has 1 N–H and O–H groups in total. The molecule has 112 valence electrons. The van der Waals surface area contributed by atoms with Crippen molar-refractivity contribution in [2.24, 2.45) is 0 Å². The number of para-hydroxylation sites is 1. The highest BCUT2D eigenvalue weighted by Crippen LogP contribution is 2.34. The van der Waals surface area contributed by atoms with Gasteiger partial charge in [0, 0.05) is 10.0 Å². The van der Waals surface area contributed by atoms with Crippen molar-refractivity contribution in [3.8, 4) is 5.75 Å². The van der Waals surface area contributed by atoms with E-state index in [-0.39, 0.29) is 6.04 Å². The molecule has 0 heterocycles. The van der Waals surface area contributed by atoms with Gasteiger partial charge in [0.05, 0.1) is 13.2 Å². The van der Waals surface area contributed by atoms with Gasteiger partial charge in [-0.2, -0.15) is 0 Å². The minimum absolute atomic E-state index is 0.121. The van der Waals surface area contributed by atoms with Crippen LogP contribution in [-0.2, 0) is 0 Å². The third-order valence-electron chi connectivity index (χ3n) is 3.52. The highest BCUT2D eigenvalue weighted by Gasteiger charge is 2.19. The quantitative estimate of drug-likeness (QED) is 0.805. The lowest BCUT2D eigenvalue weighted by Crippen LogP contribution is -2.24. The zero-order valence-electron chi connectivity index (χ0n) is 12.8. The molecule has 2 aromatic rings. The van der Waals surface area contributed by atoms with E-state index >= 15 is 0 Å². The zero-order valence-corrected chi connectivity index (χ0v) is 14.4. The Hall–Kier alpha value is -1.32. The van der Waals surface area contributed by atoms with Gasteiger partial charge in [-0.15, -0.1) is 0 Å². The second-order valence-electron chi connectivity index (χ2n) is 5.15. The molecule has 0 aliphatic carbocycles. The summed E-state index contributed by atoms with van der Waals surface area (Å²) in [5.41, 5.74) is 3.65. The highest BCUT2D eigenvalue weighted by molar-refractivity contribution is 9.10. The zero-order chi connectivity index (χ0) is 15.2. The molecule has 2 nitrogen and oxygen atoms in total. The first-order valence-electron chi connectivity index (χ1n) is 7.29. The van der Waals surface area contributed by atoms with Crippen molar-refractivity contribution in [3.63, 3.8) is 0 Å². The molecule has 0 saturated carbocycles. The largest absolute Gasteiger partial charge is 0.496 e. The van der Waals surface area contributed by atoms with Crippen molar-refractivity contribution in [2.75, 3.05) is 13.7 Å². The molecule has 1 atom stereocenters. The topological polar surface area (TPSA) is 21.3 Å². The first-order chi connectivity index (χ1) is 10.2. The molecule has 0 bridgehead atoms. The standard InChI is InChI=1S/C18H22BrNO/c1-4-11-20-18(14-10-9-13(2)12-16(14)19)15-7-5-6-8-17(15)21-3/h5-10,12,18,20H,4,11H2,1-3H3. The van der Waals surface area contributed by atoms with Crippen LogP contribution in [0.4, 0.5) is 0 Å². The van der Waals surface area contributed by atoms with Crippen LogP contribution in [0.25, 0.3) is 0 Å². The van der Waals surface area contributed by atoms with Crippen LogP contribution in [-0.4, -0.2) is 13.7 Å². The van der Waals surface area contributed by atoms with E-state index in [1.165, 1.54) is 11.1 Å². The van der Waals surface area contributed by atoms with Gasteiger partial charge >= 0.3 is 0 Å². The fourth-order valence-corrected chi connectivity index (χ4v) is 3.17. The highest BCUT2D eigenvalue weighted by atomic mass is 79.9. The summed E-state index contributed by atoms with van der Waals surface area (Å²) in [7, 11) is 1.72. The van der Waals surface area contributed by atoms with E-state index in [1.54, 1.807) is 7.11 Å². The summed E-state index contributed by atoms with van der Waals surface area (Å²) in [4.78, 5) is 0. The van der Waals surface area contributed by atoms with Gasteiger partial charge in [0.1, 0.15) is 5.75 Å². The first-order valence-corrected chi connectivity index (χ1v) is 8.09. The first kappa shape index (κ1) is 16.1. The second-order valence-corrected chi connectivity index (χ2v) is 6.01. The number of aryl methyl sites for hydroxylation is 1. The fraction of sp³-hybridized carbons (Fsp3) is 0.333. The number of halogens is 1. The Morgan fingerprint density at radius 3 is 2.57 bits per heavy atom. The minimum Gasteiger partial charge on any atom is -0.496 e. The molecule has 0 fully saturated rings. The van der Waals surface area contributed by atoms with Crippen LogP contribution in [0.5, 0.6) is 5.75 Å². The fourth-order valence-electron chi connectivity index (χ4n) is 2.45. The van der Waals surface area contributed by atoms with Crippen LogP contribution in [0.2, 0.25) is 0 Å². The number of rotatable bonds is 6. The molecule has 21 heavy (non-hydrogen) atoms. The molecule has 2 rings (SSSR count). The Bertz CT molecular complexity index is 598. The molecule has 0 aromatic heterocycles. The predicted molar refractivity (Wildman–Crippen MR) is 92.0 cm³/mol. The molecule has 2 aromatic carbocycles. The van der Waals surface area contributed by atoms with E-state index in [0.717, 1.165) is 28.8 Å². The van der Waals surface area contributed by atoms with Gasteiger partial charge in [-0.3, -0.25) is 0 Å². The van der Waals surface area contributed by atoms with E-state index in [2.05, 4.69) is 65.4 Å². The Balaban J connectivity index is 2.47. The SMILES string of the molecule is CCCNC(c1ccc(C)cc1Br)c1ccccc1OC.